The number of hydrogen-bond donors (Lipinski definition) is 1. The zero-order valence-electron chi connectivity index (χ0n) is 16.0. The number of ether oxygens (including phenoxy) is 2. The Morgan fingerprint density at radius 1 is 1.19 bits per heavy atom. The van der Waals surface area contributed by atoms with Crippen LogP contribution in [-0.4, -0.2) is 74.2 Å². The van der Waals surface area contributed by atoms with Crippen LogP contribution in [0.1, 0.15) is 18.9 Å². The van der Waals surface area contributed by atoms with Crippen molar-refractivity contribution in [3.8, 4) is 5.75 Å². The molecule has 0 bridgehead atoms. The van der Waals surface area contributed by atoms with Gasteiger partial charge in [-0.2, -0.15) is 0 Å². The van der Waals surface area contributed by atoms with E-state index >= 15 is 0 Å². The second kappa shape index (κ2) is 9.71. The van der Waals surface area contributed by atoms with Crippen molar-refractivity contribution < 1.29 is 19.1 Å². The number of likely N-dealkylation sites (tertiary alicyclic amines) is 1. The number of morpholine rings is 1. The van der Waals surface area contributed by atoms with Crippen molar-refractivity contribution in [2.75, 3.05) is 52.5 Å². The third kappa shape index (κ3) is 5.68. The molecule has 0 aliphatic carbocycles. The minimum absolute atomic E-state index is 0.00385. The molecule has 2 aliphatic rings. The largest absolute Gasteiger partial charge is 0.484 e. The van der Waals surface area contributed by atoms with Crippen LogP contribution in [0.2, 0.25) is 0 Å². The molecule has 1 atom stereocenters. The zero-order valence-corrected chi connectivity index (χ0v) is 16.0. The average Bonchev–Trinajstić information content (AvgIpc) is 3.17. The van der Waals surface area contributed by atoms with Crippen LogP contribution in [0.25, 0.3) is 0 Å². The Hall–Kier alpha value is -2.12. The zero-order chi connectivity index (χ0) is 19.1. The maximum atomic E-state index is 12.1. The summed E-state index contributed by atoms with van der Waals surface area (Å²) in [6.07, 6.45) is 0.913. The number of nitrogens with one attached hydrogen (secondary N) is 1. The molecule has 2 saturated heterocycles. The first-order valence-electron chi connectivity index (χ1n) is 9.73. The second-order valence-corrected chi connectivity index (χ2v) is 7.04. The van der Waals surface area contributed by atoms with Crippen molar-refractivity contribution in [2.24, 2.45) is 5.92 Å². The van der Waals surface area contributed by atoms with Gasteiger partial charge in [0, 0.05) is 32.7 Å². The van der Waals surface area contributed by atoms with Crippen LogP contribution in [0.15, 0.2) is 24.3 Å². The van der Waals surface area contributed by atoms with Gasteiger partial charge in [-0.25, -0.2) is 0 Å². The molecule has 1 aromatic rings. The maximum absolute atomic E-state index is 12.1. The van der Waals surface area contributed by atoms with Gasteiger partial charge in [0.05, 0.1) is 19.1 Å². The van der Waals surface area contributed by atoms with Crippen LogP contribution in [-0.2, 0) is 20.9 Å². The highest BCUT2D eigenvalue weighted by Gasteiger charge is 2.27. The minimum Gasteiger partial charge on any atom is -0.484 e. The number of nitrogens with zero attached hydrogens (tertiary/aromatic N) is 2. The van der Waals surface area contributed by atoms with E-state index in [0.717, 1.165) is 26.1 Å². The van der Waals surface area contributed by atoms with Crippen molar-refractivity contribution in [2.45, 2.75) is 19.9 Å². The van der Waals surface area contributed by atoms with Crippen molar-refractivity contribution >= 4 is 11.8 Å². The van der Waals surface area contributed by atoms with Crippen molar-refractivity contribution in [1.82, 2.24) is 15.1 Å². The van der Waals surface area contributed by atoms with Gasteiger partial charge in [-0.05, 0) is 37.6 Å². The van der Waals surface area contributed by atoms with Crippen LogP contribution in [0.3, 0.4) is 0 Å². The maximum Gasteiger partial charge on any atom is 0.260 e. The lowest BCUT2D eigenvalue weighted by Crippen LogP contribution is -2.42. The summed E-state index contributed by atoms with van der Waals surface area (Å²) in [7, 11) is 0. The van der Waals surface area contributed by atoms with Gasteiger partial charge in [0.15, 0.2) is 6.61 Å². The predicted octanol–water partition coefficient (Wildman–Crippen LogP) is 0.882. The molecule has 0 saturated carbocycles. The van der Waals surface area contributed by atoms with E-state index in [-0.39, 0.29) is 24.3 Å². The van der Waals surface area contributed by atoms with E-state index in [4.69, 9.17) is 9.47 Å². The third-order valence-electron chi connectivity index (χ3n) is 5.05. The highest BCUT2D eigenvalue weighted by atomic mass is 16.5. The van der Waals surface area contributed by atoms with E-state index in [2.05, 4.69) is 10.2 Å². The Kier molecular flexibility index (Phi) is 7.06. The Labute approximate surface area is 160 Å². The molecule has 1 N–H and O–H groups in total. The summed E-state index contributed by atoms with van der Waals surface area (Å²) >= 11 is 0. The monoisotopic (exact) mass is 375 g/mol. The van der Waals surface area contributed by atoms with Crippen LogP contribution in [0, 0.1) is 5.92 Å². The van der Waals surface area contributed by atoms with Crippen molar-refractivity contribution in [1.29, 1.82) is 0 Å². The topological polar surface area (TPSA) is 71.1 Å². The molecule has 0 spiro atoms. The predicted molar refractivity (Wildman–Crippen MR) is 101 cm³/mol. The van der Waals surface area contributed by atoms with E-state index < -0.39 is 0 Å². The molecule has 2 heterocycles. The lowest BCUT2D eigenvalue weighted by atomic mass is 10.1. The van der Waals surface area contributed by atoms with E-state index in [1.54, 1.807) is 4.90 Å². The van der Waals surface area contributed by atoms with E-state index in [9.17, 15) is 9.59 Å². The van der Waals surface area contributed by atoms with Gasteiger partial charge in [-0.1, -0.05) is 12.1 Å². The second-order valence-electron chi connectivity index (χ2n) is 7.04. The van der Waals surface area contributed by atoms with Crippen LogP contribution >= 0.6 is 0 Å². The molecule has 7 heteroatoms. The summed E-state index contributed by atoms with van der Waals surface area (Å²) < 4.78 is 10.9. The highest BCUT2D eigenvalue weighted by Crippen LogP contribution is 2.20. The SMILES string of the molecule is CCNC(=O)[C@@H]1CCN(Cc2ccc(OCC(=O)N3CCOCC3)cc2)C1. The highest BCUT2D eigenvalue weighted by molar-refractivity contribution is 5.79. The molecule has 7 nitrogen and oxygen atoms in total. The fourth-order valence-electron chi connectivity index (χ4n) is 3.51. The summed E-state index contributed by atoms with van der Waals surface area (Å²) in [6.45, 7) is 7.71. The summed E-state index contributed by atoms with van der Waals surface area (Å²) in [4.78, 5) is 28.1. The van der Waals surface area contributed by atoms with Gasteiger partial charge in [-0.15, -0.1) is 0 Å². The standard InChI is InChI=1S/C20H29N3O4/c1-2-21-20(25)17-7-8-22(14-17)13-16-3-5-18(6-4-16)27-15-19(24)23-9-11-26-12-10-23/h3-6,17H,2,7-15H2,1H3,(H,21,25)/t17-/m1/s1. The summed E-state index contributed by atoms with van der Waals surface area (Å²) in [5.74, 6) is 0.949. The molecule has 3 rings (SSSR count). The van der Waals surface area contributed by atoms with E-state index in [0.29, 0.717) is 38.6 Å². The van der Waals surface area contributed by atoms with Gasteiger partial charge >= 0.3 is 0 Å². The Bertz CT molecular complexity index is 629. The number of hydrogen-bond acceptors (Lipinski definition) is 5. The first-order valence-corrected chi connectivity index (χ1v) is 9.73. The molecule has 0 radical (unpaired) electrons. The Morgan fingerprint density at radius 3 is 2.63 bits per heavy atom. The van der Waals surface area contributed by atoms with E-state index in [1.807, 2.05) is 31.2 Å². The molecule has 2 fully saturated rings. The van der Waals surface area contributed by atoms with Crippen LogP contribution < -0.4 is 10.1 Å². The van der Waals surface area contributed by atoms with Gasteiger partial charge in [0.25, 0.3) is 5.91 Å². The lowest BCUT2D eigenvalue weighted by molar-refractivity contribution is -0.137. The number of benzene rings is 1. The molecular weight excluding hydrogens is 346 g/mol. The quantitative estimate of drug-likeness (QED) is 0.766. The number of carbonyl (C=O) groups excluding carboxylic acids is 2. The summed E-state index contributed by atoms with van der Waals surface area (Å²) in [6, 6.07) is 7.85. The van der Waals surface area contributed by atoms with Gasteiger partial charge in [0.2, 0.25) is 5.91 Å². The summed E-state index contributed by atoms with van der Waals surface area (Å²) in [5.41, 5.74) is 1.18. The molecule has 2 aliphatic heterocycles. The molecule has 1 aromatic carbocycles. The molecule has 0 unspecified atom stereocenters. The molecule has 2 amide bonds. The Morgan fingerprint density at radius 2 is 1.93 bits per heavy atom. The lowest BCUT2D eigenvalue weighted by Gasteiger charge is -2.26. The van der Waals surface area contributed by atoms with Gasteiger partial charge in [0.1, 0.15) is 5.75 Å². The Balaban J connectivity index is 1.42. The van der Waals surface area contributed by atoms with Crippen LogP contribution in [0.4, 0.5) is 0 Å². The van der Waals surface area contributed by atoms with E-state index in [1.165, 1.54) is 5.56 Å². The van der Waals surface area contributed by atoms with Gasteiger partial charge in [-0.3, -0.25) is 14.5 Å². The molecule has 27 heavy (non-hydrogen) atoms. The summed E-state index contributed by atoms with van der Waals surface area (Å²) in [5, 5.41) is 2.91. The van der Waals surface area contributed by atoms with Gasteiger partial charge < -0.3 is 19.7 Å². The first-order chi connectivity index (χ1) is 13.2. The molecule has 148 valence electrons. The third-order valence-corrected chi connectivity index (χ3v) is 5.05. The number of carbonyl (C=O) groups is 2. The molecule has 0 aromatic heterocycles. The normalized spacial score (nSPS) is 20.5. The fourth-order valence-corrected chi connectivity index (χ4v) is 3.51. The van der Waals surface area contributed by atoms with Crippen LogP contribution in [0.5, 0.6) is 5.75 Å². The van der Waals surface area contributed by atoms with Crippen molar-refractivity contribution in [3.63, 3.8) is 0 Å². The number of amides is 2. The minimum atomic E-state index is -0.00385. The fraction of sp³-hybridized carbons (Fsp3) is 0.600. The smallest absolute Gasteiger partial charge is 0.260 e. The van der Waals surface area contributed by atoms with Crippen molar-refractivity contribution in [3.05, 3.63) is 29.8 Å². The average molecular weight is 375 g/mol. The first kappa shape index (κ1) is 19.6. The number of rotatable bonds is 7. The molecular formula is C20H29N3O4.